The predicted molar refractivity (Wildman–Crippen MR) is 99.2 cm³/mol. The Morgan fingerprint density at radius 1 is 1.19 bits per heavy atom. The SMILES string of the molecule is CC(=O)Nc1cc(C2CC3CCC2C3)nn1Oc1ccc2c(c1)CCC2. The summed E-state index contributed by atoms with van der Waals surface area (Å²) in [5.41, 5.74) is 3.84. The minimum Gasteiger partial charge on any atom is -0.356 e. The molecule has 0 aliphatic heterocycles. The van der Waals surface area contributed by atoms with E-state index in [-0.39, 0.29) is 5.91 Å². The van der Waals surface area contributed by atoms with Crippen LogP contribution in [0.5, 0.6) is 5.75 Å². The van der Waals surface area contributed by atoms with Crippen LogP contribution in [0.15, 0.2) is 24.3 Å². The first-order valence-electron chi connectivity index (χ1n) is 9.83. The number of amides is 1. The van der Waals surface area contributed by atoms with Crippen LogP contribution in [0.2, 0.25) is 0 Å². The Balaban J connectivity index is 1.43. The van der Waals surface area contributed by atoms with Gasteiger partial charge < -0.3 is 10.2 Å². The molecule has 2 aromatic rings. The largest absolute Gasteiger partial charge is 0.356 e. The first-order chi connectivity index (χ1) is 12.7. The fraction of sp³-hybridized carbons (Fsp3) is 0.524. The van der Waals surface area contributed by atoms with Crippen molar-refractivity contribution in [2.24, 2.45) is 11.8 Å². The number of carbonyl (C=O) groups is 1. The zero-order valence-corrected chi connectivity index (χ0v) is 15.2. The van der Waals surface area contributed by atoms with Crippen LogP contribution in [0.4, 0.5) is 5.82 Å². The topological polar surface area (TPSA) is 56.2 Å². The second-order valence-corrected chi connectivity index (χ2v) is 8.17. The number of nitrogens with one attached hydrogen (secondary N) is 1. The van der Waals surface area contributed by atoms with E-state index in [1.165, 1.54) is 55.0 Å². The fourth-order valence-corrected chi connectivity index (χ4v) is 5.21. The predicted octanol–water partition coefficient (Wildman–Crippen LogP) is 4.08. The van der Waals surface area contributed by atoms with E-state index in [0.29, 0.717) is 11.7 Å². The Hall–Kier alpha value is -2.30. The van der Waals surface area contributed by atoms with E-state index in [4.69, 9.17) is 9.94 Å². The van der Waals surface area contributed by atoms with Crippen molar-refractivity contribution in [2.45, 2.75) is 57.8 Å². The fourth-order valence-electron chi connectivity index (χ4n) is 5.21. The maximum absolute atomic E-state index is 11.6. The van der Waals surface area contributed by atoms with E-state index in [1.54, 1.807) is 0 Å². The lowest BCUT2D eigenvalue weighted by atomic mass is 9.86. The van der Waals surface area contributed by atoms with Crippen LogP contribution < -0.4 is 10.2 Å². The Bertz CT molecular complexity index is 857. The minimum absolute atomic E-state index is 0.108. The van der Waals surface area contributed by atoms with Gasteiger partial charge in [0.2, 0.25) is 5.91 Å². The van der Waals surface area contributed by atoms with Gasteiger partial charge in [0.15, 0.2) is 11.6 Å². The molecule has 0 spiro atoms. The quantitative estimate of drug-likeness (QED) is 0.903. The number of hydrogen-bond acceptors (Lipinski definition) is 3. The van der Waals surface area contributed by atoms with Gasteiger partial charge in [-0.15, -0.1) is 5.10 Å². The summed E-state index contributed by atoms with van der Waals surface area (Å²) >= 11 is 0. The van der Waals surface area contributed by atoms with Gasteiger partial charge in [0.1, 0.15) is 0 Å². The first kappa shape index (κ1) is 15.9. The monoisotopic (exact) mass is 351 g/mol. The highest BCUT2D eigenvalue weighted by molar-refractivity contribution is 5.87. The maximum Gasteiger partial charge on any atom is 0.222 e. The molecular weight excluding hydrogens is 326 g/mol. The summed E-state index contributed by atoms with van der Waals surface area (Å²) in [6.07, 6.45) is 8.71. The molecule has 2 bridgehead atoms. The van der Waals surface area contributed by atoms with Crippen molar-refractivity contribution in [1.29, 1.82) is 0 Å². The normalized spacial score (nSPS) is 26.1. The highest BCUT2D eigenvalue weighted by Crippen LogP contribution is 2.52. The smallest absolute Gasteiger partial charge is 0.222 e. The molecule has 1 aromatic heterocycles. The van der Waals surface area contributed by atoms with Crippen molar-refractivity contribution in [3.05, 3.63) is 41.1 Å². The lowest BCUT2D eigenvalue weighted by molar-refractivity contribution is -0.114. The Morgan fingerprint density at radius 3 is 2.85 bits per heavy atom. The molecule has 3 aliphatic rings. The van der Waals surface area contributed by atoms with Crippen LogP contribution in [-0.2, 0) is 17.6 Å². The molecule has 3 unspecified atom stereocenters. The van der Waals surface area contributed by atoms with Crippen LogP contribution in [-0.4, -0.2) is 15.9 Å². The number of benzene rings is 1. The Morgan fingerprint density at radius 2 is 2.08 bits per heavy atom. The number of anilines is 1. The van der Waals surface area contributed by atoms with Crippen molar-refractivity contribution in [3.63, 3.8) is 0 Å². The zero-order chi connectivity index (χ0) is 17.7. The third kappa shape index (κ3) is 2.79. The molecule has 0 radical (unpaired) electrons. The number of rotatable bonds is 4. The van der Waals surface area contributed by atoms with Gasteiger partial charge in [0.05, 0.1) is 5.69 Å². The second-order valence-electron chi connectivity index (χ2n) is 8.17. The first-order valence-corrected chi connectivity index (χ1v) is 9.83. The third-order valence-corrected chi connectivity index (χ3v) is 6.38. The summed E-state index contributed by atoms with van der Waals surface area (Å²) in [5.74, 6) is 3.40. The Kier molecular flexibility index (Phi) is 3.76. The molecule has 1 amide bonds. The van der Waals surface area contributed by atoms with E-state index in [9.17, 15) is 4.79 Å². The van der Waals surface area contributed by atoms with Gasteiger partial charge in [-0.3, -0.25) is 4.79 Å². The molecule has 3 atom stereocenters. The van der Waals surface area contributed by atoms with E-state index in [2.05, 4.69) is 17.4 Å². The van der Waals surface area contributed by atoms with Crippen LogP contribution in [0.25, 0.3) is 0 Å². The molecule has 5 nitrogen and oxygen atoms in total. The maximum atomic E-state index is 11.6. The molecule has 0 saturated heterocycles. The number of fused-ring (bicyclic) bond motifs is 3. The minimum atomic E-state index is -0.108. The van der Waals surface area contributed by atoms with Gasteiger partial charge in [-0.1, -0.05) is 17.3 Å². The van der Waals surface area contributed by atoms with E-state index in [0.717, 1.165) is 36.1 Å². The third-order valence-electron chi connectivity index (χ3n) is 6.38. The Labute approximate surface area is 153 Å². The van der Waals surface area contributed by atoms with E-state index >= 15 is 0 Å². The molecule has 26 heavy (non-hydrogen) atoms. The zero-order valence-electron chi connectivity index (χ0n) is 15.2. The van der Waals surface area contributed by atoms with Gasteiger partial charge >= 0.3 is 0 Å². The van der Waals surface area contributed by atoms with Crippen molar-refractivity contribution in [1.82, 2.24) is 9.94 Å². The summed E-state index contributed by atoms with van der Waals surface area (Å²) in [6, 6.07) is 8.26. The molecule has 1 aromatic carbocycles. The number of aromatic nitrogens is 2. The van der Waals surface area contributed by atoms with Crippen molar-refractivity contribution < 1.29 is 9.63 Å². The summed E-state index contributed by atoms with van der Waals surface area (Å²) in [4.78, 5) is 19.2. The van der Waals surface area contributed by atoms with Crippen LogP contribution in [0, 0.1) is 11.8 Å². The van der Waals surface area contributed by atoms with E-state index < -0.39 is 0 Å². The summed E-state index contributed by atoms with van der Waals surface area (Å²) in [6.45, 7) is 1.52. The summed E-state index contributed by atoms with van der Waals surface area (Å²) in [5, 5.41) is 7.60. The number of nitrogens with zero attached hydrogens (tertiary/aromatic N) is 2. The van der Waals surface area contributed by atoms with Crippen molar-refractivity contribution >= 4 is 11.7 Å². The van der Waals surface area contributed by atoms with Crippen molar-refractivity contribution in [3.8, 4) is 5.75 Å². The number of carbonyl (C=O) groups excluding carboxylic acids is 1. The number of aryl methyl sites for hydroxylation is 2. The summed E-state index contributed by atoms with van der Waals surface area (Å²) in [7, 11) is 0. The lowest BCUT2D eigenvalue weighted by Gasteiger charge is -2.19. The molecule has 5 heteroatoms. The van der Waals surface area contributed by atoms with Crippen molar-refractivity contribution in [2.75, 3.05) is 5.32 Å². The molecule has 1 N–H and O–H groups in total. The second kappa shape index (κ2) is 6.15. The highest BCUT2D eigenvalue weighted by atomic mass is 16.7. The van der Waals surface area contributed by atoms with Gasteiger partial charge in [-0.2, -0.15) is 0 Å². The highest BCUT2D eigenvalue weighted by Gasteiger charge is 2.41. The van der Waals surface area contributed by atoms with Crippen LogP contribution in [0.3, 0.4) is 0 Å². The molecule has 5 rings (SSSR count). The average Bonchev–Trinajstić information content (AvgIpc) is 3.38. The van der Waals surface area contributed by atoms with Gasteiger partial charge in [0, 0.05) is 18.9 Å². The van der Waals surface area contributed by atoms with Gasteiger partial charge in [-0.25, -0.2) is 0 Å². The molecule has 3 aliphatic carbocycles. The molecule has 136 valence electrons. The van der Waals surface area contributed by atoms with Crippen LogP contribution in [0.1, 0.15) is 61.8 Å². The molecule has 2 fully saturated rings. The molecular formula is C21H25N3O2. The molecule has 1 heterocycles. The summed E-state index contributed by atoms with van der Waals surface area (Å²) < 4.78 is 0. The van der Waals surface area contributed by atoms with E-state index in [1.807, 2.05) is 12.1 Å². The van der Waals surface area contributed by atoms with Gasteiger partial charge in [0.25, 0.3) is 0 Å². The average molecular weight is 351 g/mol. The molecule has 2 saturated carbocycles. The van der Waals surface area contributed by atoms with Gasteiger partial charge in [-0.05, 0) is 73.6 Å². The standard InChI is InChI=1S/C21H25N3O2/c1-13(25)22-21-12-20(19-10-14-5-6-17(19)9-14)23-24(21)26-18-8-7-15-3-2-4-16(15)11-18/h7-8,11-12,14,17,19H,2-6,9-10H2,1H3,(H,22,25). The van der Waals surface area contributed by atoms with Crippen LogP contribution >= 0.6 is 0 Å². The lowest BCUT2D eigenvalue weighted by Crippen LogP contribution is -2.16. The number of hydrogen-bond donors (Lipinski definition) is 1.